The molecule has 2 heterocycles. The molecule has 0 aliphatic heterocycles. The fourth-order valence-electron chi connectivity index (χ4n) is 3.32. The van der Waals surface area contributed by atoms with Crippen molar-refractivity contribution in [2.75, 3.05) is 15.6 Å². The largest absolute Gasteiger partial charge is 0.397 e. The van der Waals surface area contributed by atoms with Crippen LogP contribution < -0.4 is 27.2 Å². The van der Waals surface area contributed by atoms with Crippen molar-refractivity contribution in [1.82, 2.24) is 15.2 Å². The Morgan fingerprint density at radius 2 is 1.72 bits per heavy atom. The molecule has 0 fully saturated rings. The number of H-pyrrole nitrogens is 1. The highest BCUT2D eigenvalue weighted by atomic mass is 16.2. The quantitative estimate of drug-likeness (QED) is 0.147. The van der Waals surface area contributed by atoms with Gasteiger partial charge in [0.25, 0.3) is 5.91 Å². The van der Waals surface area contributed by atoms with Gasteiger partial charge in [-0.15, -0.1) is 0 Å². The van der Waals surface area contributed by atoms with Crippen LogP contribution in [0.4, 0.5) is 17.1 Å². The Balaban J connectivity index is 1.48. The Labute approximate surface area is 207 Å². The Hall–Kier alpha value is -5.22. The van der Waals surface area contributed by atoms with Crippen LogP contribution in [0.2, 0.25) is 0 Å². The van der Waals surface area contributed by atoms with Crippen LogP contribution in [0.5, 0.6) is 0 Å². The predicted octanol–water partition coefficient (Wildman–Crippen LogP) is 3.49. The lowest BCUT2D eigenvalue weighted by Crippen LogP contribution is -2.26. The van der Waals surface area contributed by atoms with Gasteiger partial charge in [0.05, 0.1) is 22.8 Å². The molecule has 0 aliphatic rings. The average Bonchev–Trinajstić information content (AvgIpc) is 3.44. The van der Waals surface area contributed by atoms with Gasteiger partial charge >= 0.3 is 0 Å². The van der Waals surface area contributed by atoms with Crippen molar-refractivity contribution >= 4 is 34.6 Å². The summed E-state index contributed by atoms with van der Waals surface area (Å²) in [6, 6.07) is 21.0. The van der Waals surface area contributed by atoms with Gasteiger partial charge in [-0.2, -0.15) is 5.10 Å². The normalized spacial score (nSPS) is 11.0. The van der Waals surface area contributed by atoms with Gasteiger partial charge in [-0.3, -0.25) is 19.7 Å². The van der Waals surface area contributed by atoms with E-state index in [2.05, 4.69) is 32.4 Å². The second-order valence-electron chi connectivity index (χ2n) is 7.65. The van der Waals surface area contributed by atoms with Crippen molar-refractivity contribution in [3.05, 3.63) is 109 Å². The Kier molecular flexibility index (Phi) is 7.18. The number of hydrazine groups is 1. The van der Waals surface area contributed by atoms with E-state index in [0.29, 0.717) is 39.7 Å². The number of amides is 2. The monoisotopic (exact) mass is 480 g/mol. The number of hydrogen-bond donors (Lipinski definition) is 5. The summed E-state index contributed by atoms with van der Waals surface area (Å²) in [6.45, 7) is 3.44. The number of nitrogens with two attached hydrogens (primary N) is 2. The molecule has 4 aromatic rings. The standard InChI is InChI=1S/C26H24N8O2/c1-2-25(35)30-18-7-3-6-17(14-18)21(27)16-34(28)20-9-4-8-19(15-20)31-26(36)24-11-5-10-22(32-24)23-12-13-29-33-23/h2-16H,1,27-28H2,(H,29,33)(H,30,35)(H,31,36)/b21-16-. The number of anilines is 3. The minimum absolute atomic E-state index is 0.254. The van der Waals surface area contributed by atoms with Crippen molar-refractivity contribution in [2.45, 2.75) is 0 Å². The third-order valence-corrected chi connectivity index (χ3v) is 5.09. The maximum Gasteiger partial charge on any atom is 0.274 e. The van der Waals surface area contributed by atoms with Crippen LogP contribution in [-0.2, 0) is 4.79 Å². The fourth-order valence-corrected chi connectivity index (χ4v) is 3.32. The number of hydrogen-bond acceptors (Lipinski definition) is 7. The highest BCUT2D eigenvalue weighted by Crippen LogP contribution is 2.21. The van der Waals surface area contributed by atoms with Gasteiger partial charge < -0.3 is 16.4 Å². The summed E-state index contributed by atoms with van der Waals surface area (Å²) in [5.74, 6) is 5.53. The Morgan fingerprint density at radius 1 is 0.972 bits per heavy atom. The van der Waals surface area contributed by atoms with Gasteiger partial charge in [-0.05, 0) is 54.6 Å². The second-order valence-corrected chi connectivity index (χ2v) is 7.65. The molecule has 2 amide bonds. The van der Waals surface area contributed by atoms with Crippen LogP contribution in [-0.4, -0.2) is 27.0 Å². The third kappa shape index (κ3) is 5.82. The number of nitrogens with zero attached hydrogens (tertiary/aromatic N) is 3. The summed E-state index contributed by atoms with van der Waals surface area (Å²) in [7, 11) is 0. The molecule has 0 radical (unpaired) electrons. The molecule has 0 saturated heterocycles. The molecule has 0 bridgehead atoms. The molecular weight excluding hydrogens is 456 g/mol. The van der Waals surface area contributed by atoms with E-state index in [4.69, 9.17) is 11.6 Å². The molecular formula is C26H24N8O2. The molecule has 0 saturated carbocycles. The number of carbonyl (C=O) groups excluding carboxylic acids is 2. The Morgan fingerprint density at radius 3 is 2.47 bits per heavy atom. The summed E-state index contributed by atoms with van der Waals surface area (Å²) in [5, 5.41) is 13.6. The highest BCUT2D eigenvalue weighted by Gasteiger charge is 2.11. The van der Waals surface area contributed by atoms with Crippen LogP contribution in [0.1, 0.15) is 16.1 Å². The first kappa shape index (κ1) is 23.9. The van der Waals surface area contributed by atoms with E-state index in [-0.39, 0.29) is 17.5 Å². The molecule has 36 heavy (non-hydrogen) atoms. The summed E-state index contributed by atoms with van der Waals surface area (Å²) in [4.78, 5) is 28.7. The molecule has 7 N–H and O–H groups in total. The smallest absolute Gasteiger partial charge is 0.274 e. The van der Waals surface area contributed by atoms with E-state index >= 15 is 0 Å². The fraction of sp³-hybridized carbons (Fsp3) is 0. The number of carbonyl (C=O) groups is 2. The lowest BCUT2D eigenvalue weighted by Gasteiger charge is -2.17. The zero-order chi connectivity index (χ0) is 25.5. The van der Waals surface area contributed by atoms with E-state index in [0.717, 1.165) is 0 Å². The number of nitrogens with one attached hydrogen (secondary N) is 3. The minimum atomic E-state index is -0.370. The van der Waals surface area contributed by atoms with Crippen LogP contribution in [0.15, 0.2) is 97.8 Å². The van der Waals surface area contributed by atoms with E-state index in [9.17, 15) is 9.59 Å². The SMILES string of the molecule is C=CC(=O)Nc1cccc(/C(N)=C/N(N)c2cccc(NC(=O)c3cccc(-c4ccn[nH]4)n3)c2)c1. The third-order valence-electron chi connectivity index (χ3n) is 5.09. The molecule has 0 spiro atoms. The summed E-state index contributed by atoms with van der Waals surface area (Å²) >= 11 is 0. The highest BCUT2D eigenvalue weighted by molar-refractivity contribution is 6.03. The van der Waals surface area contributed by atoms with E-state index in [1.165, 1.54) is 11.1 Å². The Bertz CT molecular complexity index is 1430. The minimum Gasteiger partial charge on any atom is -0.397 e. The van der Waals surface area contributed by atoms with E-state index < -0.39 is 0 Å². The average molecular weight is 481 g/mol. The molecule has 2 aromatic carbocycles. The first-order valence-corrected chi connectivity index (χ1v) is 10.9. The summed E-state index contributed by atoms with van der Waals surface area (Å²) in [6.07, 6.45) is 4.35. The first-order valence-electron chi connectivity index (χ1n) is 10.9. The van der Waals surface area contributed by atoms with Crippen LogP contribution in [0.25, 0.3) is 17.1 Å². The van der Waals surface area contributed by atoms with Crippen molar-refractivity contribution < 1.29 is 9.59 Å². The van der Waals surface area contributed by atoms with Crippen LogP contribution in [0.3, 0.4) is 0 Å². The zero-order valence-corrected chi connectivity index (χ0v) is 19.2. The van der Waals surface area contributed by atoms with Crippen LogP contribution >= 0.6 is 0 Å². The van der Waals surface area contributed by atoms with Gasteiger partial charge in [0.2, 0.25) is 5.91 Å². The van der Waals surface area contributed by atoms with Gasteiger partial charge in [0, 0.05) is 29.3 Å². The molecule has 2 aromatic heterocycles. The topological polar surface area (TPSA) is 155 Å². The predicted molar refractivity (Wildman–Crippen MR) is 140 cm³/mol. The van der Waals surface area contributed by atoms with E-state index in [1.54, 1.807) is 85.2 Å². The number of rotatable bonds is 8. The van der Waals surface area contributed by atoms with Crippen molar-refractivity contribution in [1.29, 1.82) is 0 Å². The van der Waals surface area contributed by atoms with Gasteiger partial charge in [0.1, 0.15) is 5.69 Å². The summed E-state index contributed by atoms with van der Waals surface area (Å²) < 4.78 is 0. The van der Waals surface area contributed by atoms with Gasteiger partial charge in [-0.1, -0.05) is 30.8 Å². The van der Waals surface area contributed by atoms with Crippen LogP contribution in [0, 0.1) is 0 Å². The zero-order valence-electron chi connectivity index (χ0n) is 19.2. The first-order chi connectivity index (χ1) is 17.4. The molecule has 180 valence electrons. The summed E-state index contributed by atoms with van der Waals surface area (Å²) in [5.41, 5.74) is 10.5. The molecule has 4 rings (SSSR count). The molecule has 10 heteroatoms. The van der Waals surface area contributed by atoms with Crippen molar-refractivity contribution in [2.24, 2.45) is 11.6 Å². The molecule has 0 unspecified atom stereocenters. The molecule has 10 nitrogen and oxygen atoms in total. The molecule has 0 aliphatic carbocycles. The lowest BCUT2D eigenvalue weighted by atomic mass is 10.1. The second kappa shape index (κ2) is 10.8. The number of benzene rings is 2. The van der Waals surface area contributed by atoms with Crippen molar-refractivity contribution in [3.8, 4) is 11.4 Å². The maximum atomic E-state index is 12.8. The van der Waals surface area contributed by atoms with Gasteiger partial charge in [0.15, 0.2) is 0 Å². The number of aromatic nitrogens is 3. The number of pyridine rings is 1. The van der Waals surface area contributed by atoms with Crippen molar-refractivity contribution in [3.63, 3.8) is 0 Å². The number of aromatic amines is 1. The van der Waals surface area contributed by atoms with Gasteiger partial charge in [-0.25, -0.2) is 10.8 Å². The maximum absolute atomic E-state index is 12.8. The van der Waals surface area contributed by atoms with E-state index in [1.807, 2.05) is 0 Å². The lowest BCUT2D eigenvalue weighted by molar-refractivity contribution is -0.111. The molecule has 0 atom stereocenters.